The van der Waals surface area contributed by atoms with Gasteiger partial charge in [0.25, 0.3) is 5.56 Å². The van der Waals surface area contributed by atoms with Gasteiger partial charge in [-0.15, -0.1) is 0 Å². The fourth-order valence-electron chi connectivity index (χ4n) is 5.83. The third kappa shape index (κ3) is 3.10. The molecule has 0 radical (unpaired) electrons. The van der Waals surface area contributed by atoms with Gasteiger partial charge >= 0.3 is 0 Å². The van der Waals surface area contributed by atoms with Gasteiger partial charge in [-0.1, -0.05) is 19.1 Å². The molecule has 4 heterocycles. The number of hydrogen-bond donors (Lipinski definition) is 2. The van der Waals surface area contributed by atoms with Crippen LogP contribution in [-0.4, -0.2) is 30.9 Å². The molecule has 0 atom stereocenters. The van der Waals surface area contributed by atoms with E-state index in [-0.39, 0.29) is 22.6 Å². The zero-order valence-electron chi connectivity index (χ0n) is 20.4. The van der Waals surface area contributed by atoms with E-state index in [0.29, 0.717) is 17.0 Å². The first-order valence-corrected chi connectivity index (χ1v) is 13.2. The van der Waals surface area contributed by atoms with Crippen molar-refractivity contribution in [3.8, 4) is 5.82 Å². The minimum atomic E-state index is -0.0418. The van der Waals surface area contributed by atoms with Gasteiger partial charge in [-0.2, -0.15) is 4.98 Å². The smallest absolute Gasteiger partial charge is 0.278 e. The Kier molecular flexibility index (Phi) is 4.03. The average Bonchev–Trinajstić information content (AvgIpc) is 3.79. The molecule has 0 unspecified atom stereocenters. The van der Waals surface area contributed by atoms with Gasteiger partial charge in [-0.3, -0.25) is 4.79 Å². The average molecular weight is 480 g/mol. The van der Waals surface area contributed by atoms with Gasteiger partial charge in [0, 0.05) is 35.1 Å². The Hall–Kier alpha value is -3.52. The van der Waals surface area contributed by atoms with Gasteiger partial charge in [0.05, 0.1) is 6.04 Å². The summed E-state index contributed by atoms with van der Waals surface area (Å²) in [4.78, 5) is 27.8. The maximum atomic E-state index is 13.4. The summed E-state index contributed by atoms with van der Waals surface area (Å²) in [7, 11) is 0. The number of aromatic nitrogens is 5. The van der Waals surface area contributed by atoms with Crippen LogP contribution in [0.1, 0.15) is 68.3 Å². The molecule has 0 saturated heterocycles. The number of rotatable bonds is 5. The first-order valence-electron chi connectivity index (χ1n) is 13.2. The van der Waals surface area contributed by atoms with Crippen molar-refractivity contribution in [3.05, 3.63) is 69.8 Å². The Bertz CT molecular complexity index is 1600. The molecular weight excluding hydrogens is 450 g/mol. The molecule has 36 heavy (non-hydrogen) atoms. The number of hydrogen-bond acceptors (Lipinski definition) is 6. The molecule has 3 saturated carbocycles. The fourth-order valence-corrected chi connectivity index (χ4v) is 5.83. The molecule has 3 fully saturated rings. The highest BCUT2D eigenvalue weighted by atomic mass is 16.1. The predicted molar refractivity (Wildman–Crippen MR) is 138 cm³/mol. The van der Waals surface area contributed by atoms with Crippen molar-refractivity contribution >= 4 is 22.7 Å². The van der Waals surface area contributed by atoms with Crippen molar-refractivity contribution in [1.29, 1.82) is 0 Å². The summed E-state index contributed by atoms with van der Waals surface area (Å²) in [5, 5.41) is 7.63. The standard InChI is InChI=1S/C28H29N7O/c1-27(10-11-27)22-3-2-4-23(32-22)35-24-20(25(36)34(35)19-6-7-19)16-29-26(33-24)31-18-5-8-21-17(15-18)9-14-30-28(21)12-13-28/h2-5,8,15-16,19,30H,6-7,9-14H2,1H3,(H,29,31,33). The van der Waals surface area contributed by atoms with Crippen LogP contribution >= 0.6 is 0 Å². The Labute approximate surface area is 208 Å². The quantitative estimate of drug-likeness (QED) is 0.445. The zero-order valence-corrected chi connectivity index (χ0v) is 20.4. The molecule has 4 aliphatic rings. The largest absolute Gasteiger partial charge is 0.324 e. The molecule has 3 aliphatic carbocycles. The molecule has 0 amide bonds. The lowest BCUT2D eigenvalue weighted by atomic mass is 9.92. The second-order valence-electron chi connectivity index (χ2n) is 11.3. The van der Waals surface area contributed by atoms with E-state index in [9.17, 15) is 4.79 Å². The van der Waals surface area contributed by atoms with Crippen molar-refractivity contribution in [2.45, 2.75) is 68.9 Å². The minimum Gasteiger partial charge on any atom is -0.324 e. The third-order valence-electron chi connectivity index (χ3n) is 8.57. The number of benzene rings is 1. The lowest BCUT2D eigenvalue weighted by molar-refractivity contribution is 0.490. The summed E-state index contributed by atoms with van der Waals surface area (Å²) in [6.45, 7) is 3.27. The minimum absolute atomic E-state index is 0.0418. The molecule has 182 valence electrons. The highest BCUT2D eigenvalue weighted by Crippen LogP contribution is 2.49. The maximum absolute atomic E-state index is 13.4. The highest BCUT2D eigenvalue weighted by molar-refractivity contribution is 5.77. The van der Waals surface area contributed by atoms with Crippen LogP contribution in [0.4, 0.5) is 11.6 Å². The normalized spacial score (nSPS) is 20.9. The summed E-state index contributed by atoms with van der Waals surface area (Å²) >= 11 is 0. The maximum Gasteiger partial charge on any atom is 0.278 e. The van der Waals surface area contributed by atoms with E-state index < -0.39 is 0 Å². The van der Waals surface area contributed by atoms with E-state index in [4.69, 9.17) is 9.97 Å². The van der Waals surface area contributed by atoms with Crippen LogP contribution in [0.2, 0.25) is 0 Å². The molecular formula is C28H29N7O. The second kappa shape index (κ2) is 7.03. The summed E-state index contributed by atoms with van der Waals surface area (Å²) < 4.78 is 3.76. The summed E-state index contributed by atoms with van der Waals surface area (Å²) in [6, 6.07) is 12.9. The van der Waals surface area contributed by atoms with Gasteiger partial charge in [0.2, 0.25) is 5.95 Å². The molecule has 4 aromatic rings. The number of pyridine rings is 1. The summed E-state index contributed by atoms with van der Waals surface area (Å²) in [6.07, 6.45) is 9.42. The molecule has 1 aromatic carbocycles. The molecule has 8 nitrogen and oxygen atoms in total. The number of anilines is 2. The molecule has 3 aromatic heterocycles. The Morgan fingerprint density at radius 3 is 2.72 bits per heavy atom. The van der Waals surface area contributed by atoms with E-state index in [1.165, 1.54) is 24.0 Å². The Morgan fingerprint density at radius 2 is 1.94 bits per heavy atom. The van der Waals surface area contributed by atoms with Crippen LogP contribution in [0.25, 0.3) is 16.9 Å². The van der Waals surface area contributed by atoms with Gasteiger partial charge in [-0.05, 0) is 80.3 Å². The van der Waals surface area contributed by atoms with Crippen LogP contribution in [0.15, 0.2) is 47.4 Å². The number of nitrogens with zero attached hydrogens (tertiary/aromatic N) is 5. The molecule has 1 aliphatic heterocycles. The Morgan fingerprint density at radius 1 is 1.08 bits per heavy atom. The predicted octanol–water partition coefficient (Wildman–Crippen LogP) is 4.24. The molecule has 2 N–H and O–H groups in total. The van der Waals surface area contributed by atoms with E-state index in [2.05, 4.69) is 46.8 Å². The molecule has 1 spiro atoms. The SMILES string of the molecule is CC1(c2cccc(-n3c4nc(Nc5ccc6c(c5)CCNC65CC5)ncc4c(=O)n3C3CC3)n2)CC1. The Balaban J connectivity index is 1.22. The first kappa shape index (κ1) is 20.7. The van der Waals surface area contributed by atoms with Crippen LogP contribution in [0, 0.1) is 0 Å². The van der Waals surface area contributed by atoms with Crippen LogP contribution in [-0.2, 0) is 17.4 Å². The lowest BCUT2D eigenvalue weighted by Crippen LogP contribution is -2.36. The van der Waals surface area contributed by atoms with Gasteiger partial charge in [0.1, 0.15) is 5.39 Å². The second-order valence-corrected chi connectivity index (χ2v) is 11.3. The van der Waals surface area contributed by atoms with E-state index >= 15 is 0 Å². The molecule has 8 rings (SSSR count). The van der Waals surface area contributed by atoms with Crippen LogP contribution in [0.5, 0.6) is 0 Å². The lowest BCUT2D eigenvalue weighted by Gasteiger charge is -2.27. The monoisotopic (exact) mass is 479 g/mol. The fraction of sp³-hybridized carbons (Fsp3) is 0.429. The first-order chi connectivity index (χ1) is 17.5. The van der Waals surface area contributed by atoms with Gasteiger partial charge in [0.15, 0.2) is 11.5 Å². The van der Waals surface area contributed by atoms with Crippen molar-refractivity contribution in [3.63, 3.8) is 0 Å². The van der Waals surface area contributed by atoms with E-state index in [1.807, 2.05) is 21.5 Å². The summed E-state index contributed by atoms with van der Waals surface area (Å²) in [5.41, 5.74) is 5.80. The van der Waals surface area contributed by atoms with Gasteiger partial charge < -0.3 is 10.6 Å². The molecule has 0 bridgehead atoms. The van der Waals surface area contributed by atoms with Crippen LogP contribution in [0.3, 0.4) is 0 Å². The van der Waals surface area contributed by atoms with E-state index in [1.54, 1.807) is 6.20 Å². The summed E-state index contributed by atoms with van der Waals surface area (Å²) in [5.74, 6) is 1.24. The van der Waals surface area contributed by atoms with Crippen molar-refractivity contribution in [1.82, 2.24) is 29.6 Å². The van der Waals surface area contributed by atoms with Crippen molar-refractivity contribution in [2.75, 3.05) is 11.9 Å². The van der Waals surface area contributed by atoms with Crippen LogP contribution < -0.4 is 16.2 Å². The zero-order chi connectivity index (χ0) is 24.1. The van der Waals surface area contributed by atoms with E-state index in [0.717, 1.165) is 55.8 Å². The number of nitrogens with one attached hydrogen (secondary N) is 2. The number of fused-ring (bicyclic) bond motifs is 3. The van der Waals surface area contributed by atoms with Crippen molar-refractivity contribution in [2.24, 2.45) is 0 Å². The topological polar surface area (TPSA) is 89.7 Å². The molecule has 8 heteroatoms. The van der Waals surface area contributed by atoms with Crippen molar-refractivity contribution < 1.29 is 0 Å². The third-order valence-corrected chi connectivity index (χ3v) is 8.57. The van der Waals surface area contributed by atoms with Gasteiger partial charge in [-0.25, -0.2) is 19.3 Å². The highest BCUT2D eigenvalue weighted by Gasteiger charge is 2.46.